The highest BCUT2D eigenvalue weighted by molar-refractivity contribution is 6.39. The zero-order valence-corrected chi connectivity index (χ0v) is 20.1. The third-order valence-electron chi connectivity index (χ3n) is 5.90. The van der Waals surface area contributed by atoms with E-state index in [2.05, 4.69) is 5.32 Å². The van der Waals surface area contributed by atoms with Crippen molar-refractivity contribution in [1.29, 1.82) is 0 Å². The first-order chi connectivity index (χ1) is 16.8. The lowest BCUT2D eigenvalue weighted by atomic mass is 10.1. The fraction of sp³-hybridized carbons (Fsp3) is 0.0741. The van der Waals surface area contributed by atoms with Crippen LogP contribution in [0.1, 0.15) is 16.7 Å². The number of nitrogens with zero attached hydrogens (tertiary/aromatic N) is 2. The van der Waals surface area contributed by atoms with Crippen LogP contribution in [0, 0.1) is 6.92 Å². The van der Waals surface area contributed by atoms with Crippen molar-refractivity contribution >= 4 is 63.7 Å². The van der Waals surface area contributed by atoms with Crippen LogP contribution in [0.15, 0.2) is 78.5 Å². The zero-order valence-electron chi connectivity index (χ0n) is 18.6. The average Bonchev–Trinajstić information content (AvgIpc) is 3.17. The van der Waals surface area contributed by atoms with Crippen LogP contribution in [0.3, 0.4) is 0 Å². The van der Waals surface area contributed by atoms with E-state index < -0.39 is 17.8 Å². The summed E-state index contributed by atoms with van der Waals surface area (Å²) in [5, 5.41) is 4.20. The zero-order chi connectivity index (χ0) is 24.7. The van der Waals surface area contributed by atoms with Crippen molar-refractivity contribution in [3.63, 3.8) is 0 Å². The summed E-state index contributed by atoms with van der Waals surface area (Å²) < 4.78 is 2.04. The third-order valence-corrected chi connectivity index (χ3v) is 6.56. The van der Waals surface area contributed by atoms with Crippen molar-refractivity contribution in [1.82, 2.24) is 9.88 Å². The van der Waals surface area contributed by atoms with Gasteiger partial charge in [0.05, 0.1) is 5.69 Å². The molecule has 0 atom stereocenters. The minimum Gasteiger partial charge on any atom is -0.342 e. The minimum absolute atomic E-state index is 0.143. The smallest absolute Gasteiger partial charge is 0.335 e. The number of aryl methyl sites for hydroxylation is 1. The maximum Gasteiger partial charge on any atom is 0.335 e. The van der Waals surface area contributed by atoms with Gasteiger partial charge in [-0.25, -0.2) is 9.69 Å². The van der Waals surface area contributed by atoms with Crippen LogP contribution in [0.25, 0.3) is 17.0 Å². The molecule has 1 aromatic heterocycles. The predicted octanol–water partition coefficient (Wildman–Crippen LogP) is 5.97. The first-order valence-corrected chi connectivity index (χ1v) is 11.6. The number of rotatable bonds is 4. The minimum atomic E-state index is -0.817. The molecule has 0 bridgehead atoms. The Morgan fingerprint density at radius 2 is 1.69 bits per heavy atom. The topological polar surface area (TPSA) is 71.4 Å². The number of urea groups is 1. The molecule has 1 aliphatic heterocycles. The Balaban J connectivity index is 1.56. The molecule has 1 fully saturated rings. The summed E-state index contributed by atoms with van der Waals surface area (Å²) in [5.41, 5.74) is 3.62. The molecule has 1 saturated heterocycles. The highest BCUT2D eigenvalue weighted by Crippen LogP contribution is 2.29. The van der Waals surface area contributed by atoms with E-state index in [1.54, 1.807) is 12.1 Å². The number of benzene rings is 3. The Bertz CT molecular complexity index is 1540. The van der Waals surface area contributed by atoms with Gasteiger partial charge in [0.15, 0.2) is 0 Å². The number of barbiturate groups is 1. The van der Waals surface area contributed by atoms with Crippen molar-refractivity contribution in [2.75, 3.05) is 4.90 Å². The largest absolute Gasteiger partial charge is 0.342 e. The van der Waals surface area contributed by atoms with Gasteiger partial charge in [-0.2, -0.15) is 0 Å². The molecule has 1 N–H and O–H groups in total. The Morgan fingerprint density at radius 3 is 2.43 bits per heavy atom. The van der Waals surface area contributed by atoms with Gasteiger partial charge in [0.1, 0.15) is 5.57 Å². The summed E-state index contributed by atoms with van der Waals surface area (Å²) >= 11 is 12.2. The number of para-hydroxylation sites is 1. The van der Waals surface area contributed by atoms with Gasteiger partial charge in [-0.05, 0) is 54.5 Å². The van der Waals surface area contributed by atoms with E-state index in [-0.39, 0.29) is 11.3 Å². The van der Waals surface area contributed by atoms with Gasteiger partial charge >= 0.3 is 6.03 Å². The maximum absolute atomic E-state index is 13.3. The third kappa shape index (κ3) is 4.34. The lowest BCUT2D eigenvalue weighted by Crippen LogP contribution is -2.54. The quantitative estimate of drug-likeness (QED) is 0.275. The summed E-state index contributed by atoms with van der Waals surface area (Å²) in [4.78, 5) is 39.5. The molecule has 174 valence electrons. The van der Waals surface area contributed by atoms with E-state index in [9.17, 15) is 14.4 Å². The van der Waals surface area contributed by atoms with Crippen LogP contribution in [-0.4, -0.2) is 22.4 Å². The number of anilines is 1. The number of nitrogens with one attached hydrogen (secondary N) is 1. The highest BCUT2D eigenvalue weighted by atomic mass is 35.5. The molecule has 2 heterocycles. The van der Waals surface area contributed by atoms with Crippen LogP contribution < -0.4 is 10.2 Å². The number of fused-ring (bicyclic) bond motifs is 1. The molecule has 0 radical (unpaired) electrons. The van der Waals surface area contributed by atoms with E-state index in [0.29, 0.717) is 22.2 Å². The van der Waals surface area contributed by atoms with E-state index in [0.717, 1.165) is 26.9 Å². The number of halogens is 2. The van der Waals surface area contributed by atoms with Crippen molar-refractivity contribution < 1.29 is 14.4 Å². The van der Waals surface area contributed by atoms with E-state index in [1.807, 2.05) is 66.2 Å². The molecule has 8 heteroatoms. The van der Waals surface area contributed by atoms with Gasteiger partial charge in [0.2, 0.25) is 0 Å². The summed E-state index contributed by atoms with van der Waals surface area (Å²) in [6.07, 6.45) is 3.41. The predicted molar refractivity (Wildman–Crippen MR) is 138 cm³/mol. The van der Waals surface area contributed by atoms with E-state index in [4.69, 9.17) is 23.2 Å². The molecular weight excluding hydrogens is 485 g/mol. The molecular formula is C27H19Cl2N3O3. The first-order valence-electron chi connectivity index (χ1n) is 10.8. The number of carbonyl (C=O) groups excluding carboxylic acids is 3. The molecule has 0 aliphatic carbocycles. The average molecular weight is 504 g/mol. The van der Waals surface area contributed by atoms with E-state index >= 15 is 0 Å². The number of carbonyl (C=O) groups is 3. The van der Waals surface area contributed by atoms with Gasteiger partial charge in [-0.1, -0.05) is 59.6 Å². The lowest BCUT2D eigenvalue weighted by molar-refractivity contribution is -0.122. The Hall–Kier alpha value is -3.87. The summed E-state index contributed by atoms with van der Waals surface area (Å²) in [5.74, 6) is -1.46. The summed E-state index contributed by atoms with van der Waals surface area (Å²) in [7, 11) is 0. The second-order valence-corrected chi connectivity index (χ2v) is 9.09. The maximum atomic E-state index is 13.3. The summed E-state index contributed by atoms with van der Waals surface area (Å²) in [6, 6.07) is 19.3. The number of imide groups is 2. The van der Waals surface area contributed by atoms with Crippen molar-refractivity contribution in [3.05, 3.63) is 105 Å². The molecule has 4 aromatic rings. The molecule has 4 amide bonds. The van der Waals surface area contributed by atoms with Crippen LogP contribution in [-0.2, 0) is 16.1 Å². The van der Waals surface area contributed by atoms with Gasteiger partial charge in [0.25, 0.3) is 11.8 Å². The SMILES string of the molecule is Cc1ccc(N2C(=O)NC(=O)/C(=C/c3cn(Cc4ccc(Cl)cc4)c4ccccc34)C2=O)cc1Cl. The van der Waals surface area contributed by atoms with Crippen LogP contribution in [0.5, 0.6) is 0 Å². The van der Waals surface area contributed by atoms with Crippen molar-refractivity contribution in [3.8, 4) is 0 Å². The number of hydrogen-bond acceptors (Lipinski definition) is 3. The van der Waals surface area contributed by atoms with Crippen molar-refractivity contribution in [2.24, 2.45) is 0 Å². The standard InChI is InChI=1S/C27H19Cl2N3O3/c1-16-6-11-20(13-23(16)29)32-26(34)22(25(33)30-27(32)35)12-18-15-31(24-5-3-2-4-21(18)24)14-17-7-9-19(28)10-8-17/h2-13,15H,14H2,1H3,(H,30,33,35)/b22-12-. The molecule has 3 aromatic carbocycles. The summed E-state index contributed by atoms with van der Waals surface area (Å²) in [6.45, 7) is 2.40. The number of amides is 4. The molecule has 0 spiro atoms. The Kier molecular flexibility index (Phi) is 5.93. The van der Waals surface area contributed by atoms with Gasteiger partial charge < -0.3 is 4.57 Å². The van der Waals surface area contributed by atoms with Crippen LogP contribution in [0.2, 0.25) is 10.0 Å². The van der Waals surface area contributed by atoms with E-state index in [1.165, 1.54) is 12.1 Å². The molecule has 6 nitrogen and oxygen atoms in total. The number of hydrogen-bond donors (Lipinski definition) is 1. The molecule has 0 unspecified atom stereocenters. The number of aromatic nitrogens is 1. The van der Waals surface area contributed by atoms with Crippen molar-refractivity contribution in [2.45, 2.75) is 13.5 Å². The van der Waals surface area contributed by atoms with Gasteiger partial charge in [-0.3, -0.25) is 14.9 Å². The second-order valence-electron chi connectivity index (χ2n) is 8.25. The first kappa shape index (κ1) is 22.9. The lowest BCUT2D eigenvalue weighted by Gasteiger charge is -2.26. The Morgan fingerprint density at radius 1 is 0.943 bits per heavy atom. The molecule has 0 saturated carbocycles. The van der Waals surface area contributed by atoms with Gasteiger partial charge in [-0.15, -0.1) is 0 Å². The fourth-order valence-electron chi connectivity index (χ4n) is 4.08. The monoisotopic (exact) mass is 503 g/mol. The molecule has 5 rings (SSSR count). The molecule has 35 heavy (non-hydrogen) atoms. The Labute approximate surface area is 211 Å². The second kappa shape index (κ2) is 9.06. The highest BCUT2D eigenvalue weighted by Gasteiger charge is 2.37. The van der Waals surface area contributed by atoms with Gasteiger partial charge in [0, 0.05) is 39.3 Å². The van der Waals surface area contributed by atoms with Crippen LogP contribution in [0.4, 0.5) is 10.5 Å². The molecule has 1 aliphatic rings. The fourth-order valence-corrected chi connectivity index (χ4v) is 4.38. The normalized spacial score (nSPS) is 15.2. The van der Waals surface area contributed by atoms with Crippen LogP contribution >= 0.6 is 23.2 Å².